The van der Waals surface area contributed by atoms with E-state index in [9.17, 15) is 5.11 Å². The molecule has 0 heterocycles. The molecule has 2 nitrogen and oxygen atoms in total. The van der Waals surface area contributed by atoms with Gasteiger partial charge in [-0.1, -0.05) is 47.0 Å². The molecular weight excluding hydrogens is 210 g/mol. The molecule has 0 bridgehead atoms. The maximum absolute atomic E-state index is 10.2. The minimum absolute atomic E-state index is 0.153. The fourth-order valence-corrected chi connectivity index (χ4v) is 2.80. The topological polar surface area (TPSA) is 23.5 Å². The number of hydrogen-bond acceptors (Lipinski definition) is 2. The number of rotatable bonds is 7. The van der Waals surface area contributed by atoms with Crippen molar-refractivity contribution in [3.8, 4) is 0 Å². The van der Waals surface area contributed by atoms with E-state index < -0.39 is 0 Å². The van der Waals surface area contributed by atoms with Crippen molar-refractivity contribution in [2.75, 3.05) is 13.1 Å². The van der Waals surface area contributed by atoms with Gasteiger partial charge < -0.3 is 5.11 Å². The summed E-state index contributed by atoms with van der Waals surface area (Å²) in [5.41, 5.74) is 0. The minimum Gasteiger partial charge on any atom is -0.392 e. The summed E-state index contributed by atoms with van der Waals surface area (Å²) in [6, 6.07) is 0.733. The summed E-state index contributed by atoms with van der Waals surface area (Å²) in [4.78, 5) is 2.55. The van der Waals surface area contributed by atoms with Crippen LogP contribution in [0.25, 0.3) is 0 Å². The number of aliphatic hydroxyl groups excluding tert-OH is 1. The average Bonchev–Trinajstić information content (AvgIpc) is 2.79. The second-order valence-corrected chi connectivity index (χ2v) is 6.24. The van der Waals surface area contributed by atoms with E-state index in [0.29, 0.717) is 11.8 Å². The van der Waals surface area contributed by atoms with Gasteiger partial charge in [0.05, 0.1) is 6.10 Å². The fourth-order valence-electron chi connectivity index (χ4n) is 2.80. The number of hydrogen-bond donors (Lipinski definition) is 1. The molecule has 2 unspecified atom stereocenters. The summed E-state index contributed by atoms with van der Waals surface area (Å²) in [7, 11) is 0. The van der Waals surface area contributed by atoms with E-state index in [1.54, 1.807) is 0 Å². The van der Waals surface area contributed by atoms with Gasteiger partial charge in [0.25, 0.3) is 0 Å². The van der Waals surface area contributed by atoms with Crippen LogP contribution in [-0.4, -0.2) is 35.2 Å². The molecule has 0 aromatic rings. The first kappa shape index (κ1) is 15.0. The average molecular weight is 241 g/mol. The molecule has 0 saturated heterocycles. The normalized spacial score (nSPS) is 21.4. The Balaban J connectivity index is 2.50. The Labute approximate surface area is 107 Å². The van der Waals surface area contributed by atoms with E-state index in [4.69, 9.17) is 0 Å². The second kappa shape index (κ2) is 7.38. The number of aliphatic hydroxyl groups is 1. The SMILES string of the molecule is CCC(C)C(O)CN(CC(C)C)C1CCCC1. The van der Waals surface area contributed by atoms with Crippen LogP contribution in [0, 0.1) is 11.8 Å². The molecule has 0 aromatic heterocycles. The standard InChI is InChI=1S/C15H31NO/c1-5-13(4)15(17)11-16(10-12(2)3)14-8-6-7-9-14/h12-15,17H,5-11H2,1-4H3. The van der Waals surface area contributed by atoms with Crippen molar-refractivity contribution in [1.82, 2.24) is 4.90 Å². The van der Waals surface area contributed by atoms with Crippen LogP contribution in [0.3, 0.4) is 0 Å². The number of nitrogens with zero attached hydrogens (tertiary/aromatic N) is 1. The van der Waals surface area contributed by atoms with Crippen LogP contribution in [0.1, 0.15) is 59.8 Å². The van der Waals surface area contributed by atoms with Crippen LogP contribution in [0.5, 0.6) is 0 Å². The van der Waals surface area contributed by atoms with Crippen molar-refractivity contribution in [3.05, 3.63) is 0 Å². The van der Waals surface area contributed by atoms with Gasteiger partial charge >= 0.3 is 0 Å². The molecule has 0 aromatic carbocycles. The summed E-state index contributed by atoms with van der Waals surface area (Å²) in [6.45, 7) is 10.9. The van der Waals surface area contributed by atoms with Gasteiger partial charge in [0.2, 0.25) is 0 Å². The van der Waals surface area contributed by atoms with E-state index >= 15 is 0 Å². The molecule has 0 radical (unpaired) electrons. The Bertz CT molecular complexity index is 199. The molecule has 1 aliphatic carbocycles. The van der Waals surface area contributed by atoms with Crippen molar-refractivity contribution < 1.29 is 5.11 Å². The zero-order chi connectivity index (χ0) is 12.8. The van der Waals surface area contributed by atoms with Gasteiger partial charge in [-0.3, -0.25) is 4.90 Å². The van der Waals surface area contributed by atoms with Crippen LogP contribution < -0.4 is 0 Å². The molecule has 1 N–H and O–H groups in total. The molecule has 0 spiro atoms. The Morgan fingerprint density at radius 2 is 1.71 bits per heavy atom. The molecule has 1 aliphatic rings. The highest BCUT2D eigenvalue weighted by Crippen LogP contribution is 2.25. The molecule has 2 atom stereocenters. The smallest absolute Gasteiger partial charge is 0.0692 e. The Kier molecular flexibility index (Phi) is 6.50. The van der Waals surface area contributed by atoms with E-state index in [1.165, 1.54) is 25.7 Å². The third-order valence-electron chi connectivity index (χ3n) is 4.16. The van der Waals surface area contributed by atoms with Crippen LogP contribution in [-0.2, 0) is 0 Å². The molecular formula is C15H31NO. The molecule has 1 fully saturated rings. The summed E-state index contributed by atoms with van der Waals surface area (Å²) >= 11 is 0. The molecule has 0 amide bonds. The fraction of sp³-hybridized carbons (Fsp3) is 1.00. The highest BCUT2D eigenvalue weighted by molar-refractivity contribution is 4.81. The lowest BCUT2D eigenvalue weighted by atomic mass is 10.00. The molecule has 1 saturated carbocycles. The highest BCUT2D eigenvalue weighted by atomic mass is 16.3. The molecule has 102 valence electrons. The van der Waals surface area contributed by atoms with Crippen molar-refractivity contribution in [2.45, 2.75) is 71.9 Å². The zero-order valence-corrected chi connectivity index (χ0v) is 12.2. The lowest BCUT2D eigenvalue weighted by Crippen LogP contribution is -2.43. The van der Waals surface area contributed by atoms with Gasteiger partial charge in [-0.15, -0.1) is 0 Å². The second-order valence-electron chi connectivity index (χ2n) is 6.24. The summed E-state index contributed by atoms with van der Waals surface area (Å²) in [6.07, 6.45) is 6.33. The molecule has 2 heteroatoms. The van der Waals surface area contributed by atoms with Crippen molar-refractivity contribution in [2.24, 2.45) is 11.8 Å². The first-order valence-electron chi connectivity index (χ1n) is 7.46. The predicted molar refractivity (Wildman–Crippen MR) is 74.1 cm³/mol. The van der Waals surface area contributed by atoms with Crippen LogP contribution >= 0.6 is 0 Å². The van der Waals surface area contributed by atoms with Gasteiger partial charge in [-0.2, -0.15) is 0 Å². The van der Waals surface area contributed by atoms with E-state index in [2.05, 4.69) is 32.6 Å². The van der Waals surface area contributed by atoms with Crippen molar-refractivity contribution in [3.63, 3.8) is 0 Å². The molecule has 17 heavy (non-hydrogen) atoms. The van der Waals surface area contributed by atoms with Crippen LogP contribution in [0.15, 0.2) is 0 Å². The van der Waals surface area contributed by atoms with Gasteiger partial charge in [0.15, 0.2) is 0 Å². The van der Waals surface area contributed by atoms with Gasteiger partial charge in [0, 0.05) is 19.1 Å². The third kappa shape index (κ3) is 4.97. The van der Waals surface area contributed by atoms with Crippen LogP contribution in [0.2, 0.25) is 0 Å². The van der Waals surface area contributed by atoms with E-state index in [1.807, 2.05) is 0 Å². The summed E-state index contributed by atoms with van der Waals surface area (Å²) in [5.74, 6) is 1.12. The molecule has 1 rings (SSSR count). The van der Waals surface area contributed by atoms with Crippen molar-refractivity contribution >= 4 is 0 Å². The van der Waals surface area contributed by atoms with Gasteiger partial charge in [-0.25, -0.2) is 0 Å². The first-order chi connectivity index (χ1) is 8.04. The lowest BCUT2D eigenvalue weighted by Gasteiger charge is -2.33. The predicted octanol–water partition coefficient (Wildman–Crippen LogP) is 3.29. The monoisotopic (exact) mass is 241 g/mol. The van der Waals surface area contributed by atoms with E-state index in [0.717, 1.165) is 25.6 Å². The molecule has 0 aliphatic heterocycles. The van der Waals surface area contributed by atoms with Gasteiger partial charge in [0.1, 0.15) is 0 Å². The third-order valence-corrected chi connectivity index (χ3v) is 4.16. The highest BCUT2D eigenvalue weighted by Gasteiger charge is 2.26. The lowest BCUT2D eigenvalue weighted by molar-refractivity contribution is 0.0460. The first-order valence-corrected chi connectivity index (χ1v) is 7.46. The largest absolute Gasteiger partial charge is 0.392 e. The van der Waals surface area contributed by atoms with E-state index in [-0.39, 0.29) is 6.10 Å². The Hall–Kier alpha value is -0.0800. The maximum atomic E-state index is 10.2. The zero-order valence-electron chi connectivity index (χ0n) is 12.2. The summed E-state index contributed by atoms with van der Waals surface area (Å²) < 4.78 is 0. The van der Waals surface area contributed by atoms with Crippen molar-refractivity contribution in [1.29, 1.82) is 0 Å². The Morgan fingerprint density at radius 3 is 2.18 bits per heavy atom. The minimum atomic E-state index is -0.153. The summed E-state index contributed by atoms with van der Waals surface area (Å²) in [5, 5.41) is 10.2. The van der Waals surface area contributed by atoms with Gasteiger partial charge in [-0.05, 0) is 24.7 Å². The Morgan fingerprint density at radius 1 is 1.12 bits per heavy atom. The quantitative estimate of drug-likeness (QED) is 0.739. The van der Waals surface area contributed by atoms with Crippen LogP contribution in [0.4, 0.5) is 0 Å². The maximum Gasteiger partial charge on any atom is 0.0692 e.